The van der Waals surface area contributed by atoms with Gasteiger partial charge in [-0.05, 0) is 61.9 Å². The number of allylic oxidation sites excluding steroid dienone is 2. The van der Waals surface area contributed by atoms with Gasteiger partial charge in [0.05, 0.1) is 12.5 Å². The molecule has 4 aliphatic rings. The average molecular weight is 292 g/mol. The summed E-state index contributed by atoms with van der Waals surface area (Å²) in [6.07, 6.45) is 4.16. The molecular weight excluding hydrogens is 272 g/mol. The predicted molar refractivity (Wildman–Crippen MR) is 84.2 cm³/mol. The molecule has 1 N–H and O–H groups in total. The number of carbonyl (C=O) groups is 1. The van der Waals surface area contributed by atoms with Gasteiger partial charge >= 0.3 is 0 Å². The summed E-state index contributed by atoms with van der Waals surface area (Å²) in [6, 6.07) is 0. The Morgan fingerprint density at radius 1 is 1.32 bits per heavy atom. The number of aliphatic hydroxyl groups excluding tert-OH is 1. The molecule has 2 heteroatoms. The van der Waals surface area contributed by atoms with E-state index < -0.39 is 10.8 Å². The van der Waals surface area contributed by atoms with Crippen molar-refractivity contribution >= 4 is 5.78 Å². The zero-order valence-corrected chi connectivity index (χ0v) is 12.7. The van der Waals surface area contributed by atoms with Crippen molar-refractivity contribution in [3.05, 3.63) is 43.1 Å². The number of Topliss-reactive ketones (excluding diaryl/α,β-unsaturated/α-hetero) is 1. The lowest BCUT2D eigenvalue weighted by Gasteiger charge is -2.51. The molecule has 4 aliphatic carbocycles. The second-order valence-electron chi connectivity index (χ2n) is 7.41. The van der Waals surface area contributed by atoms with E-state index in [0.717, 1.165) is 36.8 Å². The fraction of sp³-hybridized carbons (Fsp3) is 0.500. The quantitative estimate of drug-likeness (QED) is 0.421. The topological polar surface area (TPSA) is 37.3 Å². The molecule has 22 heavy (non-hydrogen) atoms. The minimum atomic E-state index is -0.542. The van der Waals surface area contributed by atoms with Gasteiger partial charge in [0.25, 0.3) is 0 Å². The van der Waals surface area contributed by atoms with E-state index in [2.05, 4.69) is 38.0 Å². The molecule has 0 bridgehead atoms. The summed E-state index contributed by atoms with van der Waals surface area (Å²) in [4.78, 5) is 12.3. The molecule has 3 saturated carbocycles. The Labute approximate surface area is 132 Å². The molecule has 0 spiro atoms. The van der Waals surface area contributed by atoms with E-state index in [-0.39, 0.29) is 5.76 Å². The number of ketones is 1. The van der Waals surface area contributed by atoms with Crippen LogP contribution in [-0.4, -0.2) is 10.9 Å². The Balaban J connectivity index is 1.81. The normalized spacial score (nSPS) is 45.8. The first kappa shape index (κ1) is 13.8. The van der Waals surface area contributed by atoms with Gasteiger partial charge in [0.2, 0.25) is 11.2 Å². The fourth-order valence-corrected chi connectivity index (χ4v) is 5.33. The van der Waals surface area contributed by atoms with E-state index in [1.807, 2.05) is 0 Å². The Bertz CT molecular complexity index is 725. The standard InChI is InChI=1S/C20H19O2/c1-12-10-14-15-4-5-18(22)20(15,3)9-7-16(14)19(2)8-6-13(21)11-17(12)19/h14-16H,1-5,7,9-10H2/p+1/t14-,15-,16-,19+,20-/m0/s1. The van der Waals surface area contributed by atoms with Gasteiger partial charge in [0, 0.05) is 17.8 Å². The van der Waals surface area contributed by atoms with E-state index in [9.17, 15) is 9.90 Å². The van der Waals surface area contributed by atoms with Crippen LogP contribution in [0.3, 0.4) is 0 Å². The van der Waals surface area contributed by atoms with Crippen LogP contribution in [0.4, 0.5) is 0 Å². The van der Waals surface area contributed by atoms with Gasteiger partial charge in [-0.15, -0.1) is 0 Å². The molecule has 0 heterocycles. The summed E-state index contributed by atoms with van der Waals surface area (Å²) in [5.41, 5.74) is 3.87. The van der Waals surface area contributed by atoms with Crippen LogP contribution in [0.5, 0.6) is 0 Å². The minimum Gasteiger partial charge on any atom is -0.495 e. The number of rotatable bonds is 0. The van der Waals surface area contributed by atoms with Crippen LogP contribution in [0.1, 0.15) is 32.1 Å². The predicted octanol–water partition coefficient (Wildman–Crippen LogP) is 3.58. The van der Waals surface area contributed by atoms with Gasteiger partial charge < -0.3 is 5.11 Å². The maximum Gasteiger partial charge on any atom is 0.213 e. The van der Waals surface area contributed by atoms with E-state index in [4.69, 9.17) is 0 Å². The lowest BCUT2D eigenvalue weighted by molar-refractivity contribution is -0.128. The lowest BCUT2D eigenvalue weighted by atomic mass is 9.48. The second-order valence-corrected chi connectivity index (χ2v) is 7.41. The summed E-state index contributed by atoms with van der Waals surface area (Å²) < 4.78 is 0. The van der Waals surface area contributed by atoms with Crippen molar-refractivity contribution in [3.8, 4) is 11.8 Å². The van der Waals surface area contributed by atoms with Crippen LogP contribution in [-0.2, 0) is 4.79 Å². The fourth-order valence-electron chi connectivity index (χ4n) is 5.33. The van der Waals surface area contributed by atoms with Crippen LogP contribution >= 0.6 is 0 Å². The SMILES string of the molecule is [CH2][C@]12CC[C@H]3[C@@H](CC(=C)C4=C=C(O)C#C[C@@]43[CH2+])[C@@H]1CCC2=O. The highest BCUT2D eigenvalue weighted by Gasteiger charge is 2.62. The number of fused-ring (bicyclic) bond motifs is 5. The molecule has 0 saturated heterocycles. The second kappa shape index (κ2) is 4.12. The van der Waals surface area contributed by atoms with Crippen LogP contribution in [0, 0.1) is 54.3 Å². The highest BCUT2D eigenvalue weighted by atomic mass is 16.3. The molecule has 4 rings (SSSR count). The summed E-state index contributed by atoms with van der Waals surface area (Å²) in [6.45, 7) is 12.9. The Morgan fingerprint density at radius 3 is 2.86 bits per heavy atom. The molecule has 0 amide bonds. The van der Waals surface area contributed by atoms with Crippen molar-refractivity contribution in [1.29, 1.82) is 0 Å². The first-order valence-electron chi connectivity index (χ1n) is 8.02. The minimum absolute atomic E-state index is 0.0211. The van der Waals surface area contributed by atoms with Crippen molar-refractivity contribution < 1.29 is 9.90 Å². The Morgan fingerprint density at radius 2 is 2.09 bits per heavy atom. The molecule has 0 aromatic heterocycles. The van der Waals surface area contributed by atoms with Crippen molar-refractivity contribution in [3.63, 3.8) is 0 Å². The highest BCUT2D eigenvalue weighted by molar-refractivity contribution is 5.88. The molecule has 111 valence electrons. The van der Waals surface area contributed by atoms with Crippen LogP contribution in [0.2, 0.25) is 0 Å². The highest BCUT2D eigenvalue weighted by Crippen LogP contribution is 2.63. The van der Waals surface area contributed by atoms with Crippen LogP contribution < -0.4 is 0 Å². The van der Waals surface area contributed by atoms with E-state index in [1.54, 1.807) is 0 Å². The maximum atomic E-state index is 12.3. The number of aliphatic hydroxyl groups is 1. The molecule has 0 aromatic carbocycles. The largest absolute Gasteiger partial charge is 0.495 e. The average Bonchev–Trinajstić information content (AvgIpc) is 2.77. The summed E-state index contributed by atoms with van der Waals surface area (Å²) >= 11 is 0. The van der Waals surface area contributed by atoms with Crippen molar-refractivity contribution in [1.82, 2.24) is 0 Å². The Kier molecular flexibility index (Phi) is 2.58. The van der Waals surface area contributed by atoms with Gasteiger partial charge in [0.1, 0.15) is 5.78 Å². The Hall–Kier alpha value is -1.84. The summed E-state index contributed by atoms with van der Waals surface area (Å²) in [5, 5.41) is 9.69. The summed E-state index contributed by atoms with van der Waals surface area (Å²) in [5.74, 6) is 7.21. The molecule has 0 unspecified atom stereocenters. The van der Waals surface area contributed by atoms with Gasteiger partial charge in [-0.3, -0.25) is 4.79 Å². The van der Waals surface area contributed by atoms with Gasteiger partial charge in [-0.1, -0.05) is 12.3 Å². The third kappa shape index (κ3) is 1.53. The first-order chi connectivity index (χ1) is 10.4. The van der Waals surface area contributed by atoms with Crippen molar-refractivity contribution in [2.45, 2.75) is 32.1 Å². The van der Waals surface area contributed by atoms with Gasteiger partial charge in [-0.25, -0.2) is 0 Å². The molecule has 1 radical (unpaired) electrons. The monoisotopic (exact) mass is 292 g/mol. The van der Waals surface area contributed by atoms with Gasteiger partial charge in [0.15, 0.2) is 0 Å². The number of hydrogen-bond donors (Lipinski definition) is 1. The molecular formula is C20H20O2+. The first-order valence-corrected chi connectivity index (χ1v) is 8.02. The van der Waals surface area contributed by atoms with E-state index in [1.165, 1.54) is 0 Å². The zero-order chi connectivity index (χ0) is 15.7. The zero-order valence-electron chi connectivity index (χ0n) is 12.7. The van der Waals surface area contributed by atoms with Crippen LogP contribution in [0.25, 0.3) is 0 Å². The number of carbonyl (C=O) groups excluding carboxylic acids is 1. The number of hydrogen-bond acceptors (Lipinski definition) is 2. The lowest BCUT2D eigenvalue weighted by Crippen LogP contribution is -2.50. The third-order valence-corrected chi connectivity index (χ3v) is 6.44. The van der Waals surface area contributed by atoms with Crippen molar-refractivity contribution in [2.24, 2.45) is 28.6 Å². The molecule has 3 fully saturated rings. The smallest absolute Gasteiger partial charge is 0.213 e. The van der Waals surface area contributed by atoms with Gasteiger partial charge in [-0.2, -0.15) is 0 Å². The molecule has 0 aromatic rings. The van der Waals surface area contributed by atoms with Crippen LogP contribution in [0.15, 0.2) is 29.2 Å². The van der Waals surface area contributed by atoms with Crippen molar-refractivity contribution in [2.75, 3.05) is 0 Å². The van der Waals surface area contributed by atoms with E-state index in [0.29, 0.717) is 30.0 Å². The molecule has 2 nitrogen and oxygen atoms in total. The molecule has 0 aliphatic heterocycles. The third-order valence-electron chi connectivity index (χ3n) is 6.44. The summed E-state index contributed by atoms with van der Waals surface area (Å²) in [7, 11) is 0. The van der Waals surface area contributed by atoms with E-state index >= 15 is 0 Å². The molecule has 5 atom stereocenters. The maximum absolute atomic E-state index is 12.3.